The number of carbonyl (C=O) groups excluding carboxylic acids is 1. The topological polar surface area (TPSA) is 109 Å². The zero-order chi connectivity index (χ0) is 22.8. The van der Waals surface area contributed by atoms with Crippen molar-refractivity contribution in [3.63, 3.8) is 0 Å². The highest BCUT2D eigenvalue weighted by molar-refractivity contribution is 5.88. The normalized spacial score (nSPS) is 21.1. The first-order valence-electron chi connectivity index (χ1n) is 11.9. The van der Waals surface area contributed by atoms with Gasteiger partial charge in [-0.1, -0.05) is 12.1 Å². The lowest BCUT2D eigenvalue weighted by atomic mass is 9.61. The summed E-state index contributed by atoms with van der Waals surface area (Å²) in [4.78, 5) is 33.2. The number of piperidine rings is 1. The summed E-state index contributed by atoms with van der Waals surface area (Å²) in [7, 11) is 0. The lowest BCUT2D eigenvalue weighted by Gasteiger charge is -2.51. The third-order valence-corrected chi connectivity index (χ3v) is 7.37. The van der Waals surface area contributed by atoms with E-state index in [4.69, 9.17) is 5.73 Å². The fraction of sp³-hybridized carbons (Fsp3) is 0.542. The molecule has 1 aromatic carbocycles. The number of anilines is 1. The maximum absolute atomic E-state index is 12.6. The van der Waals surface area contributed by atoms with Gasteiger partial charge >= 0.3 is 11.7 Å². The van der Waals surface area contributed by atoms with Crippen molar-refractivity contribution in [2.45, 2.75) is 38.3 Å². The molecule has 3 fully saturated rings. The van der Waals surface area contributed by atoms with E-state index in [0.717, 1.165) is 38.4 Å². The van der Waals surface area contributed by atoms with Crippen LogP contribution in [-0.4, -0.2) is 70.7 Å². The second-order valence-electron chi connectivity index (χ2n) is 9.74. The summed E-state index contributed by atoms with van der Waals surface area (Å²) in [6.07, 6.45) is 6.53. The minimum Gasteiger partial charge on any atom is -0.328 e. The van der Waals surface area contributed by atoms with Gasteiger partial charge in [0.2, 0.25) is 0 Å². The maximum Gasteiger partial charge on any atom is 0.354 e. The Hall–Kier alpha value is -2.75. The Labute approximate surface area is 194 Å². The van der Waals surface area contributed by atoms with Crippen LogP contribution in [0.4, 0.5) is 10.6 Å². The van der Waals surface area contributed by atoms with E-state index in [9.17, 15) is 9.59 Å². The second-order valence-corrected chi connectivity index (χ2v) is 9.74. The molecule has 1 aliphatic carbocycles. The molecule has 5 rings (SSSR count). The van der Waals surface area contributed by atoms with Crippen LogP contribution in [0.3, 0.4) is 0 Å². The maximum atomic E-state index is 12.6. The predicted octanol–water partition coefficient (Wildman–Crippen LogP) is 1.37. The van der Waals surface area contributed by atoms with E-state index in [-0.39, 0.29) is 11.8 Å². The van der Waals surface area contributed by atoms with E-state index < -0.39 is 5.69 Å². The number of piperazine rings is 1. The third kappa shape index (κ3) is 4.95. The smallest absolute Gasteiger partial charge is 0.328 e. The summed E-state index contributed by atoms with van der Waals surface area (Å²) in [5.74, 6) is 0.270. The summed E-state index contributed by atoms with van der Waals surface area (Å²) in [6, 6.07) is 9.90. The number of nitrogens with zero attached hydrogens (tertiary/aromatic N) is 4. The van der Waals surface area contributed by atoms with Crippen LogP contribution in [-0.2, 0) is 6.54 Å². The number of nitrogens with two attached hydrogens (primary N) is 1. The van der Waals surface area contributed by atoms with Crippen molar-refractivity contribution in [1.82, 2.24) is 24.7 Å². The van der Waals surface area contributed by atoms with Gasteiger partial charge in [-0.2, -0.15) is 4.98 Å². The Bertz CT molecular complexity index is 1030. The average molecular weight is 452 g/mol. The number of benzene rings is 1. The van der Waals surface area contributed by atoms with Crippen LogP contribution < -0.4 is 22.1 Å². The summed E-state index contributed by atoms with van der Waals surface area (Å²) >= 11 is 0. The Morgan fingerprint density at radius 2 is 1.79 bits per heavy atom. The molecule has 2 aliphatic heterocycles. The van der Waals surface area contributed by atoms with Crippen LogP contribution >= 0.6 is 0 Å². The van der Waals surface area contributed by atoms with Crippen molar-refractivity contribution < 1.29 is 4.79 Å². The predicted molar refractivity (Wildman–Crippen MR) is 127 cm³/mol. The summed E-state index contributed by atoms with van der Waals surface area (Å²) in [5, 5.41) is 5.93. The molecule has 3 aliphatic rings. The molecule has 0 radical (unpaired) electrons. The van der Waals surface area contributed by atoms with E-state index in [1.54, 1.807) is 17.2 Å². The van der Waals surface area contributed by atoms with Gasteiger partial charge in [-0.15, -0.1) is 0 Å². The van der Waals surface area contributed by atoms with Crippen LogP contribution in [0.2, 0.25) is 0 Å². The van der Waals surface area contributed by atoms with E-state index in [1.165, 1.54) is 35.8 Å². The molecule has 9 nitrogen and oxygen atoms in total. The number of carbonyl (C=O) groups is 1. The second kappa shape index (κ2) is 9.24. The van der Waals surface area contributed by atoms with Gasteiger partial charge < -0.3 is 16.0 Å². The molecule has 33 heavy (non-hydrogen) atoms. The van der Waals surface area contributed by atoms with Crippen LogP contribution in [0.1, 0.15) is 31.2 Å². The molecule has 0 atom stereocenters. The highest BCUT2D eigenvalue weighted by Gasteiger charge is 2.44. The van der Waals surface area contributed by atoms with Gasteiger partial charge in [-0.25, -0.2) is 9.59 Å². The summed E-state index contributed by atoms with van der Waals surface area (Å²) < 4.78 is 1.49. The molecule has 1 aromatic heterocycles. The van der Waals surface area contributed by atoms with E-state index in [1.807, 2.05) is 12.1 Å². The van der Waals surface area contributed by atoms with Gasteiger partial charge in [0.05, 0.1) is 5.69 Å². The van der Waals surface area contributed by atoms with Crippen LogP contribution in [0.5, 0.6) is 0 Å². The fourth-order valence-corrected chi connectivity index (χ4v) is 5.39. The number of hydrogen-bond acceptors (Lipinski definition) is 6. The van der Waals surface area contributed by atoms with Crippen molar-refractivity contribution in [3.05, 3.63) is 52.6 Å². The van der Waals surface area contributed by atoms with Gasteiger partial charge in [0.15, 0.2) is 0 Å². The Kier molecular flexibility index (Phi) is 6.18. The SMILES string of the molecule is NC1CC2(CCN(Cc3ccc(-n4ccc(NC(=O)N5CCNCC5)nc4=O)cc3)CC2)C1. The van der Waals surface area contributed by atoms with Gasteiger partial charge in [0.25, 0.3) is 0 Å². The number of hydrogen-bond donors (Lipinski definition) is 3. The first kappa shape index (κ1) is 22.1. The minimum absolute atomic E-state index is 0.228. The van der Waals surface area contributed by atoms with Crippen molar-refractivity contribution in [2.24, 2.45) is 11.1 Å². The number of urea groups is 1. The molecule has 2 amide bonds. The summed E-state index contributed by atoms with van der Waals surface area (Å²) in [5.41, 5.74) is 8.11. The van der Waals surface area contributed by atoms with Gasteiger partial charge in [-0.3, -0.25) is 14.8 Å². The lowest BCUT2D eigenvalue weighted by molar-refractivity contribution is 0.0154. The Morgan fingerprint density at radius 1 is 1.09 bits per heavy atom. The number of amides is 2. The molecule has 4 N–H and O–H groups in total. The molecule has 9 heteroatoms. The molecule has 1 saturated carbocycles. The van der Waals surface area contributed by atoms with Gasteiger partial charge in [-0.05, 0) is 68.0 Å². The van der Waals surface area contributed by atoms with E-state index >= 15 is 0 Å². The molecule has 2 saturated heterocycles. The number of aromatic nitrogens is 2. The monoisotopic (exact) mass is 451 g/mol. The van der Waals surface area contributed by atoms with E-state index in [2.05, 4.69) is 32.7 Å². The molecular weight excluding hydrogens is 418 g/mol. The highest BCUT2D eigenvalue weighted by atomic mass is 16.2. The first-order chi connectivity index (χ1) is 16.0. The molecule has 1 spiro atoms. The Morgan fingerprint density at radius 3 is 2.42 bits per heavy atom. The lowest BCUT2D eigenvalue weighted by Crippen LogP contribution is -2.51. The van der Waals surface area contributed by atoms with Crippen LogP contribution in [0.15, 0.2) is 41.3 Å². The van der Waals surface area contributed by atoms with Gasteiger partial charge in [0.1, 0.15) is 5.82 Å². The molecular formula is C24H33N7O2. The van der Waals surface area contributed by atoms with E-state index in [0.29, 0.717) is 24.5 Å². The van der Waals surface area contributed by atoms with Gasteiger partial charge in [0, 0.05) is 45.0 Å². The third-order valence-electron chi connectivity index (χ3n) is 7.37. The fourth-order valence-electron chi connectivity index (χ4n) is 5.39. The molecule has 176 valence electrons. The largest absolute Gasteiger partial charge is 0.354 e. The molecule has 0 unspecified atom stereocenters. The molecule has 0 bridgehead atoms. The zero-order valence-corrected chi connectivity index (χ0v) is 19.0. The first-order valence-corrected chi connectivity index (χ1v) is 11.9. The number of rotatable bonds is 4. The summed E-state index contributed by atoms with van der Waals surface area (Å²) in [6.45, 7) is 5.99. The quantitative estimate of drug-likeness (QED) is 0.648. The molecule has 3 heterocycles. The average Bonchev–Trinajstić information content (AvgIpc) is 2.81. The Balaban J connectivity index is 1.17. The van der Waals surface area contributed by atoms with Crippen LogP contribution in [0, 0.1) is 5.41 Å². The van der Waals surface area contributed by atoms with Crippen LogP contribution in [0.25, 0.3) is 5.69 Å². The van der Waals surface area contributed by atoms with Crippen molar-refractivity contribution in [3.8, 4) is 5.69 Å². The standard InChI is InChI=1S/C24H33N7O2/c25-19-15-24(16-19)6-11-29(12-7-24)17-18-1-3-20(4-2-18)31-10-5-21(28-23(31)33)27-22(32)30-13-8-26-9-14-30/h1-5,10,19,26H,6-9,11-17,25H2,(H,27,28,32,33). The molecule has 2 aromatic rings. The zero-order valence-electron chi connectivity index (χ0n) is 19.0. The highest BCUT2D eigenvalue weighted by Crippen LogP contribution is 2.48. The number of likely N-dealkylation sites (tertiary alicyclic amines) is 1. The minimum atomic E-state index is -0.416. The van der Waals surface area contributed by atoms with Crippen molar-refractivity contribution in [2.75, 3.05) is 44.6 Å². The van der Waals surface area contributed by atoms with Crippen molar-refractivity contribution >= 4 is 11.8 Å². The van der Waals surface area contributed by atoms with Crippen molar-refractivity contribution in [1.29, 1.82) is 0 Å². The number of nitrogens with one attached hydrogen (secondary N) is 2.